The maximum absolute atomic E-state index is 9.43. The Morgan fingerprint density at radius 1 is 1.21 bits per heavy atom. The van der Waals surface area contributed by atoms with E-state index >= 15 is 0 Å². The number of hydrogen-bond acceptors (Lipinski definition) is 3. The maximum atomic E-state index is 9.43. The molecule has 0 aromatic heterocycles. The van der Waals surface area contributed by atoms with Crippen LogP contribution in [0, 0.1) is 6.92 Å². The van der Waals surface area contributed by atoms with E-state index in [1.54, 1.807) is 13.2 Å². The van der Waals surface area contributed by atoms with Crippen LogP contribution in [0.2, 0.25) is 0 Å². The van der Waals surface area contributed by atoms with Crippen LogP contribution in [-0.4, -0.2) is 36.1 Å². The van der Waals surface area contributed by atoms with Crippen molar-refractivity contribution in [3.63, 3.8) is 0 Å². The Hall–Kier alpha value is -0.380. The van der Waals surface area contributed by atoms with Crippen molar-refractivity contribution in [2.75, 3.05) is 13.7 Å². The molecular formula is C11H21O3. The molecule has 2 unspecified atom stereocenters. The minimum absolute atomic E-state index is 0.367. The Bertz CT molecular complexity index is 145. The highest BCUT2D eigenvalue weighted by Gasteiger charge is 2.07. The predicted molar refractivity (Wildman–Crippen MR) is 56.9 cm³/mol. The summed E-state index contributed by atoms with van der Waals surface area (Å²) in [4.78, 5) is 0. The van der Waals surface area contributed by atoms with E-state index in [2.05, 4.69) is 6.92 Å². The predicted octanol–water partition coefficient (Wildman–Crippen LogP) is 1.31. The van der Waals surface area contributed by atoms with E-state index < -0.39 is 0 Å². The molecule has 0 aromatic carbocycles. The van der Waals surface area contributed by atoms with Gasteiger partial charge in [-0.25, -0.2) is 0 Å². The van der Waals surface area contributed by atoms with E-state index in [0.717, 1.165) is 0 Å². The fourth-order valence-electron chi connectivity index (χ4n) is 1.15. The van der Waals surface area contributed by atoms with Gasteiger partial charge >= 0.3 is 0 Å². The van der Waals surface area contributed by atoms with Gasteiger partial charge in [0.25, 0.3) is 0 Å². The topological polar surface area (TPSA) is 49.7 Å². The number of methoxy groups -OCH3 is 1. The molecule has 0 amide bonds. The zero-order chi connectivity index (χ0) is 10.8. The molecule has 0 saturated carbocycles. The van der Waals surface area contributed by atoms with Gasteiger partial charge in [0.1, 0.15) is 0 Å². The van der Waals surface area contributed by atoms with Crippen LogP contribution < -0.4 is 0 Å². The molecular weight excluding hydrogens is 180 g/mol. The van der Waals surface area contributed by atoms with Gasteiger partial charge in [0.2, 0.25) is 0 Å². The first-order chi connectivity index (χ1) is 6.70. The van der Waals surface area contributed by atoms with Crippen LogP contribution in [0.1, 0.15) is 25.7 Å². The van der Waals surface area contributed by atoms with Gasteiger partial charge in [-0.3, -0.25) is 0 Å². The second-order valence-corrected chi connectivity index (χ2v) is 3.37. The summed E-state index contributed by atoms with van der Waals surface area (Å²) < 4.78 is 4.84. The number of rotatable bonds is 8. The fourth-order valence-corrected chi connectivity index (χ4v) is 1.15. The number of ether oxygens (including phenoxy) is 1. The highest BCUT2D eigenvalue weighted by molar-refractivity contribution is 4.85. The molecule has 3 nitrogen and oxygen atoms in total. The van der Waals surface area contributed by atoms with Gasteiger partial charge in [0.05, 0.1) is 12.2 Å². The van der Waals surface area contributed by atoms with Crippen molar-refractivity contribution in [2.24, 2.45) is 0 Å². The Balaban J connectivity index is 3.40. The van der Waals surface area contributed by atoms with Gasteiger partial charge in [-0.2, -0.15) is 0 Å². The number of aliphatic hydroxyl groups excluding tert-OH is 2. The zero-order valence-electron chi connectivity index (χ0n) is 8.85. The standard InChI is InChI=1S/C11H21O3/c1-3-4-5-10(12)6-7-11(13)8-9-14-2/h3-4,10-13H,1,5-9H2,2H3. The summed E-state index contributed by atoms with van der Waals surface area (Å²) in [5.74, 6) is 0. The Morgan fingerprint density at radius 2 is 1.86 bits per heavy atom. The summed E-state index contributed by atoms with van der Waals surface area (Å²) in [7, 11) is 1.61. The molecule has 0 heterocycles. The Kier molecular flexibility index (Phi) is 8.94. The van der Waals surface area contributed by atoms with Crippen LogP contribution in [0.15, 0.2) is 12.2 Å². The highest BCUT2D eigenvalue weighted by atomic mass is 16.5. The van der Waals surface area contributed by atoms with Gasteiger partial charge in [0, 0.05) is 13.7 Å². The molecule has 1 radical (unpaired) electrons. The third-order valence-corrected chi connectivity index (χ3v) is 2.06. The average Bonchev–Trinajstić information content (AvgIpc) is 2.20. The normalized spacial score (nSPS) is 16.0. The first kappa shape index (κ1) is 13.6. The van der Waals surface area contributed by atoms with E-state index in [-0.39, 0.29) is 12.2 Å². The lowest BCUT2D eigenvalue weighted by Gasteiger charge is -2.12. The van der Waals surface area contributed by atoms with E-state index in [0.29, 0.717) is 32.3 Å². The van der Waals surface area contributed by atoms with Crippen LogP contribution in [-0.2, 0) is 4.74 Å². The minimum atomic E-state index is -0.370. The lowest BCUT2D eigenvalue weighted by Crippen LogP contribution is -2.14. The van der Waals surface area contributed by atoms with Crippen molar-refractivity contribution in [3.05, 3.63) is 19.1 Å². The quantitative estimate of drug-likeness (QED) is 0.622. The summed E-state index contributed by atoms with van der Waals surface area (Å²) in [5, 5.41) is 18.9. The molecule has 0 aliphatic carbocycles. The van der Waals surface area contributed by atoms with Gasteiger partial charge in [0.15, 0.2) is 0 Å². The van der Waals surface area contributed by atoms with Gasteiger partial charge in [-0.1, -0.05) is 12.2 Å². The van der Waals surface area contributed by atoms with Crippen LogP contribution in [0.4, 0.5) is 0 Å². The zero-order valence-corrected chi connectivity index (χ0v) is 8.85. The second-order valence-electron chi connectivity index (χ2n) is 3.37. The molecule has 0 bridgehead atoms. The minimum Gasteiger partial charge on any atom is -0.393 e. The molecule has 0 spiro atoms. The molecule has 0 aromatic rings. The number of allylic oxidation sites excluding steroid dienone is 1. The largest absolute Gasteiger partial charge is 0.393 e. The first-order valence-electron chi connectivity index (χ1n) is 5.00. The molecule has 83 valence electrons. The monoisotopic (exact) mass is 201 g/mol. The van der Waals surface area contributed by atoms with E-state index in [9.17, 15) is 10.2 Å². The Labute approximate surface area is 86.4 Å². The molecule has 2 atom stereocenters. The molecule has 3 heteroatoms. The van der Waals surface area contributed by atoms with Gasteiger partial charge in [-0.15, -0.1) is 0 Å². The highest BCUT2D eigenvalue weighted by Crippen LogP contribution is 2.08. The van der Waals surface area contributed by atoms with Crippen LogP contribution in [0.3, 0.4) is 0 Å². The Morgan fingerprint density at radius 3 is 2.43 bits per heavy atom. The summed E-state index contributed by atoms with van der Waals surface area (Å²) in [6.07, 6.45) is 5.25. The first-order valence-corrected chi connectivity index (χ1v) is 5.00. The lowest BCUT2D eigenvalue weighted by molar-refractivity contribution is 0.0836. The second kappa shape index (κ2) is 9.19. The van der Waals surface area contributed by atoms with Crippen molar-refractivity contribution in [2.45, 2.75) is 37.9 Å². The maximum Gasteiger partial charge on any atom is 0.0575 e. The van der Waals surface area contributed by atoms with Crippen molar-refractivity contribution in [1.29, 1.82) is 0 Å². The molecule has 0 saturated heterocycles. The number of hydrogen-bond donors (Lipinski definition) is 2. The van der Waals surface area contributed by atoms with Crippen molar-refractivity contribution in [1.82, 2.24) is 0 Å². The summed E-state index contributed by atoms with van der Waals surface area (Å²) >= 11 is 0. The molecule has 14 heavy (non-hydrogen) atoms. The van der Waals surface area contributed by atoms with Gasteiger partial charge in [-0.05, 0) is 32.6 Å². The van der Waals surface area contributed by atoms with Crippen molar-refractivity contribution in [3.8, 4) is 0 Å². The molecule has 0 fully saturated rings. The average molecular weight is 201 g/mol. The van der Waals surface area contributed by atoms with E-state index in [4.69, 9.17) is 4.74 Å². The van der Waals surface area contributed by atoms with Crippen LogP contribution >= 0.6 is 0 Å². The van der Waals surface area contributed by atoms with Crippen molar-refractivity contribution >= 4 is 0 Å². The smallest absolute Gasteiger partial charge is 0.0575 e. The third kappa shape index (κ3) is 8.23. The van der Waals surface area contributed by atoms with Crippen LogP contribution in [0.5, 0.6) is 0 Å². The third-order valence-electron chi connectivity index (χ3n) is 2.06. The molecule has 0 aliphatic rings. The molecule has 0 aliphatic heterocycles. The summed E-state index contributed by atoms with van der Waals surface area (Å²) in [6, 6.07) is 0. The van der Waals surface area contributed by atoms with E-state index in [1.807, 2.05) is 6.08 Å². The lowest BCUT2D eigenvalue weighted by atomic mass is 10.1. The fraction of sp³-hybridized carbons (Fsp3) is 0.727. The van der Waals surface area contributed by atoms with Crippen LogP contribution in [0.25, 0.3) is 0 Å². The molecule has 0 rings (SSSR count). The SMILES string of the molecule is [CH2]C=CCC(O)CCC(O)CCOC. The number of aliphatic hydroxyl groups is 2. The summed E-state index contributed by atoms with van der Waals surface area (Å²) in [6.45, 7) is 4.10. The molecule has 2 N–H and O–H groups in total. The summed E-state index contributed by atoms with van der Waals surface area (Å²) in [5.41, 5.74) is 0. The van der Waals surface area contributed by atoms with Crippen molar-refractivity contribution < 1.29 is 14.9 Å². The van der Waals surface area contributed by atoms with Gasteiger partial charge < -0.3 is 14.9 Å². The van der Waals surface area contributed by atoms with E-state index in [1.165, 1.54) is 0 Å².